The molecule has 0 bridgehead atoms. The van der Waals surface area contributed by atoms with Crippen LogP contribution in [-0.4, -0.2) is 46.2 Å². The molecule has 1 saturated heterocycles. The van der Waals surface area contributed by atoms with E-state index < -0.39 is 11.2 Å². The molecule has 0 saturated carbocycles. The molecule has 3 heterocycles. The number of hydrogen-bond donors (Lipinski definition) is 3. The van der Waals surface area contributed by atoms with Crippen molar-refractivity contribution in [2.24, 2.45) is 0 Å². The molecule has 2 aromatic heterocycles. The molecule has 1 aliphatic rings. The van der Waals surface area contributed by atoms with Gasteiger partial charge in [0.15, 0.2) is 0 Å². The lowest BCUT2D eigenvalue weighted by Gasteiger charge is -2.36. The number of aryl methyl sites for hydroxylation is 1. The zero-order chi connectivity index (χ0) is 21.0. The highest BCUT2D eigenvalue weighted by molar-refractivity contribution is 5.76. The first-order chi connectivity index (χ1) is 13.8. The van der Waals surface area contributed by atoms with E-state index in [9.17, 15) is 14.4 Å². The van der Waals surface area contributed by atoms with E-state index in [0.717, 1.165) is 24.5 Å². The van der Waals surface area contributed by atoms with E-state index in [1.165, 1.54) is 0 Å². The number of carbonyl (C=O) groups is 1. The Hall–Kier alpha value is -2.94. The summed E-state index contributed by atoms with van der Waals surface area (Å²) in [6.07, 6.45) is 2.51. The number of nitrogens with one attached hydrogen (secondary N) is 3. The van der Waals surface area contributed by atoms with Crippen molar-refractivity contribution in [3.63, 3.8) is 0 Å². The number of nitrogens with zero attached hydrogens (tertiary/aromatic N) is 2. The minimum Gasteiger partial charge on any atom is -0.372 e. The van der Waals surface area contributed by atoms with Crippen LogP contribution in [-0.2, 0) is 22.5 Å². The third kappa shape index (κ3) is 5.54. The summed E-state index contributed by atoms with van der Waals surface area (Å²) in [6.45, 7) is 7.72. The number of aromatic amines is 2. The number of aromatic nitrogens is 3. The van der Waals surface area contributed by atoms with Crippen molar-refractivity contribution in [1.82, 2.24) is 20.3 Å². The van der Waals surface area contributed by atoms with E-state index in [2.05, 4.69) is 39.0 Å². The van der Waals surface area contributed by atoms with Crippen LogP contribution < -0.4 is 21.5 Å². The normalized spacial score (nSPS) is 19.2. The zero-order valence-corrected chi connectivity index (χ0v) is 16.9. The second kappa shape index (κ2) is 9.04. The lowest BCUT2D eigenvalue weighted by atomic mass is 10.1. The summed E-state index contributed by atoms with van der Waals surface area (Å²) in [5.74, 6) is 0.727. The Balaban J connectivity index is 1.50. The number of anilines is 1. The molecule has 156 valence electrons. The van der Waals surface area contributed by atoms with Gasteiger partial charge < -0.3 is 19.9 Å². The summed E-state index contributed by atoms with van der Waals surface area (Å²) < 4.78 is 5.75. The molecule has 1 amide bonds. The van der Waals surface area contributed by atoms with E-state index in [-0.39, 0.29) is 31.0 Å². The molecular formula is C20H27N5O4. The summed E-state index contributed by atoms with van der Waals surface area (Å²) in [4.78, 5) is 46.6. The van der Waals surface area contributed by atoms with Gasteiger partial charge in [-0.15, -0.1) is 0 Å². The first-order valence-corrected chi connectivity index (χ1v) is 9.76. The van der Waals surface area contributed by atoms with Crippen LogP contribution in [0.1, 0.15) is 37.1 Å². The van der Waals surface area contributed by atoms with Gasteiger partial charge in [-0.3, -0.25) is 14.6 Å². The second-order valence-electron chi connectivity index (χ2n) is 7.48. The zero-order valence-electron chi connectivity index (χ0n) is 16.9. The molecule has 3 rings (SSSR count). The lowest BCUT2D eigenvalue weighted by Crippen LogP contribution is -2.45. The molecule has 9 heteroatoms. The molecule has 2 aromatic rings. The van der Waals surface area contributed by atoms with Gasteiger partial charge in [0.25, 0.3) is 5.56 Å². The van der Waals surface area contributed by atoms with Crippen LogP contribution in [0.5, 0.6) is 0 Å². The Bertz CT molecular complexity index is 956. The van der Waals surface area contributed by atoms with Crippen molar-refractivity contribution < 1.29 is 9.53 Å². The Kier molecular flexibility index (Phi) is 6.48. The van der Waals surface area contributed by atoms with Crippen molar-refractivity contribution >= 4 is 11.7 Å². The van der Waals surface area contributed by atoms with Gasteiger partial charge in [0, 0.05) is 43.5 Å². The van der Waals surface area contributed by atoms with Gasteiger partial charge in [0.1, 0.15) is 5.82 Å². The summed E-state index contributed by atoms with van der Waals surface area (Å²) in [5, 5.41) is 2.84. The monoisotopic (exact) mass is 401 g/mol. The Morgan fingerprint density at radius 2 is 1.97 bits per heavy atom. The number of carbonyl (C=O) groups excluding carboxylic acids is 1. The lowest BCUT2D eigenvalue weighted by molar-refractivity contribution is -0.121. The van der Waals surface area contributed by atoms with E-state index in [0.29, 0.717) is 17.8 Å². The largest absolute Gasteiger partial charge is 0.372 e. The highest BCUT2D eigenvalue weighted by atomic mass is 16.5. The summed E-state index contributed by atoms with van der Waals surface area (Å²) in [5.41, 5.74) is 0.801. The van der Waals surface area contributed by atoms with E-state index in [1.807, 2.05) is 12.1 Å². The predicted octanol–water partition coefficient (Wildman–Crippen LogP) is 0.629. The number of hydrogen-bond acceptors (Lipinski definition) is 6. The molecule has 3 N–H and O–H groups in total. The second-order valence-corrected chi connectivity index (χ2v) is 7.48. The summed E-state index contributed by atoms with van der Waals surface area (Å²) >= 11 is 0. The fourth-order valence-corrected chi connectivity index (χ4v) is 3.53. The highest BCUT2D eigenvalue weighted by Crippen LogP contribution is 2.18. The molecule has 9 nitrogen and oxygen atoms in total. The Labute approximate surface area is 168 Å². The minimum absolute atomic E-state index is 0.158. The smallest absolute Gasteiger partial charge is 0.325 e. The van der Waals surface area contributed by atoms with Crippen LogP contribution in [0.15, 0.2) is 27.9 Å². The first kappa shape index (κ1) is 20.8. The third-order valence-electron chi connectivity index (χ3n) is 4.90. The molecule has 0 radical (unpaired) electrons. The summed E-state index contributed by atoms with van der Waals surface area (Å²) in [6, 6.07) is 3.90. The van der Waals surface area contributed by atoms with E-state index >= 15 is 0 Å². The Morgan fingerprint density at radius 1 is 1.24 bits per heavy atom. The van der Waals surface area contributed by atoms with Gasteiger partial charge in [-0.25, -0.2) is 9.78 Å². The van der Waals surface area contributed by atoms with Gasteiger partial charge in [0.2, 0.25) is 5.91 Å². The third-order valence-corrected chi connectivity index (χ3v) is 4.90. The molecule has 0 aliphatic carbocycles. The topological polar surface area (TPSA) is 120 Å². The average molecular weight is 401 g/mol. The summed E-state index contributed by atoms with van der Waals surface area (Å²) in [7, 11) is 0. The van der Waals surface area contributed by atoms with Crippen molar-refractivity contribution in [3.8, 4) is 0 Å². The molecular weight excluding hydrogens is 374 g/mol. The van der Waals surface area contributed by atoms with E-state index in [1.54, 1.807) is 13.1 Å². The number of rotatable bonds is 6. The van der Waals surface area contributed by atoms with Crippen LogP contribution in [0.25, 0.3) is 0 Å². The standard InChI is InChI=1S/C20H27N5O4/c1-12-10-25(11-13(2)29-12)17-6-4-15(8-21-17)9-22-18(26)7-5-16-14(3)23-20(28)24-19(16)27/h4,6,8,12-13H,5,7,9-11H2,1-3H3,(H,22,26)(H2,23,24,27,28)/t12-,13+. The van der Waals surface area contributed by atoms with Crippen molar-refractivity contribution in [2.45, 2.75) is 52.4 Å². The quantitative estimate of drug-likeness (QED) is 0.653. The van der Waals surface area contributed by atoms with Gasteiger partial charge in [-0.1, -0.05) is 6.07 Å². The maximum absolute atomic E-state index is 12.1. The maximum atomic E-state index is 12.1. The fraction of sp³-hybridized carbons (Fsp3) is 0.500. The van der Waals surface area contributed by atoms with Crippen LogP contribution in [0.4, 0.5) is 5.82 Å². The average Bonchev–Trinajstić information content (AvgIpc) is 2.65. The molecule has 29 heavy (non-hydrogen) atoms. The minimum atomic E-state index is -0.544. The molecule has 0 unspecified atom stereocenters. The van der Waals surface area contributed by atoms with Crippen LogP contribution in [0, 0.1) is 6.92 Å². The van der Waals surface area contributed by atoms with Crippen LogP contribution in [0.2, 0.25) is 0 Å². The van der Waals surface area contributed by atoms with Gasteiger partial charge >= 0.3 is 5.69 Å². The predicted molar refractivity (Wildman–Crippen MR) is 109 cm³/mol. The molecule has 0 aromatic carbocycles. The SMILES string of the molecule is Cc1[nH]c(=O)[nH]c(=O)c1CCC(=O)NCc1ccc(N2C[C@@H](C)O[C@@H](C)C2)nc1. The molecule has 2 atom stereocenters. The van der Waals surface area contributed by atoms with Gasteiger partial charge in [-0.05, 0) is 38.8 Å². The molecule has 1 aliphatic heterocycles. The number of H-pyrrole nitrogens is 2. The Morgan fingerprint density at radius 3 is 2.59 bits per heavy atom. The number of morpholine rings is 1. The molecule has 1 fully saturated rings. The number of ether oxygens (including phenoxy) is 1. The van der Waals surface area contributed by atoms with Crippen molar-refractivity contribution in [1.29, 1.82) is 0 Å². The van der Waals surface area contributed by atoms with Crippen LogP contribution in [0.3, 0.4) is 0 Å². The fourth-order valence-electron chi connectivity index (χ4n) is 3.53. The highest BCUT2D eigenvalue weighted by Gasteiger charge is 2.23. The number of amides is 1. The van der Waals surface area contributed by atoms with Crippen molar-refractivity contribution in [3.05, 3.63) is 56.0 Å². The number of pyridine rings is 1. The molecule has 0 spiro atoms. The van der Waals surface area contributed by atoms with Crippen LogP contribution >= 0.6 is 0 Å². The van der Waals surface area contributed by atoms with Crippen molar-refractivity contribution in [2.75, 3.05) is 18.0 Å². The van der Waals surface area contributed by atoms with Gasteiger partial charge in [0.05, 0.1) is 12.2 Å². The first-order valence-electron chi connectivity index (χ1n) is 9.76. The van der Waals surface area contributed by atoms with Gasteiger partial charge in [-0.2, -0.15) is 0 Å². The van der Waals surface area contributed by atoms with E-state index in [4.69, 9.17) is 4.74 Å². The maximum Gasteiger partial charge on any atom is 0.325 e.